The highest BCUT2D eigenvalue weighted by Crippen LogP contribution is 2.19. The van der Waals surface area contributed by atoms with Crippen molar-refractivity contribution in [2.75, 3.05) is 13.1 Å². The molecule has 1 saturated heterocycles. The molecule has 76 valence electrons. The van der Waals surface area contributed by atoms with Crippen molar-refractivity contribution in [2.45, 2.75) is 26.3 Å². The van der Waals surface area contributed by atoms with Crippen molar-refractivity contribution in [3.63, 3.8) is 0 Å². The topological polar surface area (TPSA) is 3.24 Å². The van der Waals surface area contributed by atoms with Gasteiger partial charge in [0.1, 0.15) is 0 Å². The van der Waals surface area contributed by atoms with E-state index in [2.05, 4.69) is 46.0 Å². The molecular formula is C12H16BrN. The molecule has 2 rings (SSSR count). The maximum Gasteiger partial charge on any atom is 0.0236 e. The predicted octanol–water partition coefficient (Wildman–Crippen LogP) is 3.35. The van der Waals surface area contributed by atoms with E-state index in [1.165, 1.54) is 41.5 Å². The molecule has 1 heterocycles. The first-order valence-corrected chi connectivity index (χ1v) is 6.02. The minimum Gasteiger partial charge on any atom is -0.299 e. The fourth-order valence-electron chi connectivity index (χ4n) is 1.99. The van der Waals surface area contributed by atoms with Crippen LogP contribution < -0.4 is 0 Å². The Bertz CT molecular complexity index is 316. The van der Waals surface area contributed by atoms with Crippen LogP contribution in [0.15, 0.2) is 22.7 Å². The van der Waals surface area contributed by atoms with Gasteiger partial charge in [-0.15, -0.1) is 0 Å². The van der Waals surface area contributed by atoms with Crippen molar-refractivity contribution < 1.29 is 0 Å². The van der Waals surface area contributed by atoms with Crippen LogP contribution in [0, 0.1) is 6.92 Å². The molecule has 1 aromatic carbocycles. The van der Waals surface area contributed by atoms with Gasteiger partial charge in [-0.2, -0.15) is 0 Å². The van der Waals surface area contributed by atoms with Crippen molar-refractivity contribution in [3.05, 3.63) is 33.8 Å². The maximum atomic E-state index is 3.53. The molecule has 0 aliphatic carbocycles. The Morgan fingerprint density at radius 2 is 2.00 bits per heavy atom. The van der Waals surface area contributed by atoms with Crippen LogP contribution in [0.2, 0.25) is 0 Å². The molecule has 1 aliphatic rings. The number of aryl methyl sites for hydroxylation is 1. The third-order valence-electron chi connectivity index (χ3n) is 2.90. The third-order valence-corrected chi connectivity index (χ3v) is 3.40. The standard InChI is InChI=1S/C12H16BrN/c1-10-4-5-12(13)8-11(10)9-14-6-2-3-7-14/h4-5,8H,2-3,6-7,9H2,1H3. The van der Waals surface area contributed by atoms with Gasteiger partial charge in [-0.25, -0.2) is 0 Å². The van der Waals surface area contributed by atoms with Crippen molar-refractivity contribution in [1.29, 1.82) is 0 Å². The van der Waals surface area contributed by atoms with E-state index in [1.807, 2.05) is 0 Å². The molecule has 0 aromatic heterocycles. The minimum absolute atomic E-state index is 1.12. The van der Waals surface area contributed by atoms with Crippen molar-refractivity contribution in [2.24, 2.45) is 0 Å². The Morgan fingerprint density at radius 1 is 1.29 bits per heavy atom. The van der Waals surface area contributed by atoms with Crippen LogP contribution in [0.4, 0.5) is 0 Å². The maximum absolute atomic E-state index is 3.53. The summed E-state index contributed by atoms with van der Waals surface area (Å²) in [4.78, 5) is 2.54. The molecule has 1 nitrogen and oxygen atoms in total. The molecule has 1 fully saturated rings. The normalized spacial score (nSPS) is 17.6. The van der Waals surface area contributed by atoms with Crippen LogP contribution in [0.25, 0.3) is 0 Å². The van der Waals surface area contributed by atoms with Crippen molar-refractivity contribution >= 4 is 15.9 Å². The smallest absolute Gasteiger partial charge is 0.0236 e. The van der Waals surface area contributed by atoms with Gasteiger partial charge >= 0.3 is 0 Å². The molecule has 0 unspecified atom stereocenters. The average Bonchev–Trinajstić information content (AvgIpc) is 2.64. The average molecular weight is 254 g/mol. The van der Waals surface area contributed by atoms with Gasteiger partial charge in [-0.1, -0.05) is 22.0 Å². The van der Waals surface area contributed by atoms with E-state index in [0.29, 0.717) is 0 Å². The number of likely N-dealkylation sites (tertiary alicyclic amines) is 1. The highest BCUT2D eigenvalue weighted by atomic mass is 79.9. The molecular weight excluding hydrogens is 238 g/mol. The number of benzene rings is 1. The zero-order valence-corrected chi connectivity index (χ0v) is 10.2. The molecule has 0 bridgehead atoms. The number of hydrogen-bond donors (Lipinski definition) is 0. The lowest BCUT2D eigenvalue weighted by Crippen LogP contribution is -2.18. The summed E-state index contributed by atoms with van der Waals surface area (Å²) in [7, 11) is 0. The summed E-state index contributed by atoms with van der Waals surface area (Å²) < 4.78 is 1.19. The SMILES string of the molecule is Cc1ccc(Br)cc1CN1CCCC1. The van der Waals surface area contributed by atoms with E-state index in [0.717, 1.165) is 6.54 Å². The van der Waals surface area contributed by atoms with Crippen LogP contribution in [0.3, 0.4) is 0 Å². The number of nitrogens with zero attached hydrogens (tertiary/aromatic N) is 1. The monoisotopic (exact) mass is 253 g/mol. The van der Waals surface area contributed by atoms with Gasteiger partial charge in [0.05, 0.1) is 0 Å². The summed E-state index contributed by atoms with van der Waals surface area (Å²) in [6.45, 7) is 5.85. The predicted molar refractivity (Wildman–Crippen MR) is 63.4 cm³/mol. The fourth-order valence-corrected chi connectivity index (χ4v) is 2.40. The van der Waals surface area contributed by atoms with Gasteiger partial charge in [0, 0.05) is 11.0 Å². The van der Waals surface area contributed by atoms with E-state index >= 15 is 0 Å². The summed E-state index contributed by atoms with van der Waals surface area (Å²) in [5.41, 5.74) is 2.86. The quantitative estimate of drug-likeness (QED) is 0.782. The number of hydrogen-bond acceptors (Lipinski definition) is 1. The molecule has 0 spiro atoms. The van der Waals surface area contributed by atoms with Crippen LogP contribution in [-0.4, -0.2) is 18.0 Å². The van der Waals surface area contributed by atoms with Crippen LogP contribution in [0.5, 0.6) is 0 Å². The summed E-state index contributed by atoms with van der Waals surface area (Å²) in [6, 6.07) is 6.55. The molecule has 2 heteroatoms. The first-order chi connectivity index (χ1) is 6.75. The molecule has 0 N–H and O–H groups in total. The van der Waals surface area contributed by atoms with E-state index in [1.54, 1.807) is 0 Å². The summed E-state index contributed by atoms with van der Waals surface area (Å²) in [5.74, 6) is 0. The van der Waals surface area contributed by atoms with Gasteiger partial charge in [0.25, 0.3) is 0 Å². The van der Waals surface area contributed by atoms with Gasteiger partial charge in [0.2, 0.25) is 0 Å². The summed E-state index contributed by atoms with van der Waals surface area (Å²) in [6.07, 6.45) is 2.74. The first kappa shape index (κ1) is 10.2. The number of halogens is 1. The molecule has 0 atom stereocenters. The van der Waals surface area contributed by atoms with E-state index in [4.69, 9.17) is 0 Å². The Balaban J connectivity index is 2.10. The largest absolute Gasteiger partial charge is 0.299 e. The van der Waals surface area contributed by atoms with Crippen molar-refractivity contribution in [1.82, 2.24) is 4.90 Å². The van der Waals surface area contributed by atoms with E-state index in [9.17, 15) is 0 Å². The first-order valence-electron chi connectivity index (χ1n) is 5.23. The fraction of sp³-hybridized carbons (Fsp3) is 0.500. The Labute approximate surface area is 94.2 Å². The number of rotatable bonds is 2. The van der Waals surface area contributed by atoms with Crippen LogP contribution in [0.1, 0.15) is 24.0 Å². The second kappa shape index (κ2) is 4.45. The van der Waals surface area contributed by atoms with Gasteiger partial charge < -0.3 is 0 Å². The zero-order valence-electron chi connectivity index (χ0n) is 8.59. The van der Waals surface area contributed by atoms with E-state index < -0.39 is 0 Å². The minimum atomic E-state index is 1.12. The molecule has 1 aromatic rings. The molecule has 14 heavy (non-hydrogen) atoms. The highest BCUT2D eigenvalue weighted by molar-refractivity contribution is 9.10. The van der Waals surface area contributed by atoms with Gasteiger partial charge in [0.15, 0.2) is 0 Å². The lowest BCUT2D eigenvalue weighted by molar-refractivity contribution is 0.330. The molecule has 0 radical (unpaired) electrons. The molecule has 0 amide bonds. The lowest BCUT2D eigenvalue weighted by atomic mass is 10.1. The Hall–Kier alpha value is -0.340. The van der Waals surface area contributed by atoms with Gasteiger partial charge in [-0.05, 0) is 56.1 Å². The van der Waals surface area contributed by atoms with E-state index in [-0.39, 0.29) is 0 Å². The second-order valence-electron chi connectivity index (χ2n) is 4.05. The Morgan fingerprint density at radius 3 is 2.71 bits per heavy atom. The van der Waals surface area contributed by atoms with Crippen LogP contribution in [-0.2, 0) is 6.54 Å². The summed E-state index contributed by atoms with van der Waals surface area (Å²) >= 11 is 3.53. The highest BCUT2D eigenvalue weighted by Gasteiger charge is 2.12. The van der Waals surface area contributed by atoms with Crippen LogP contribution >= 0.6 is 15.9 Å². The van der Waals surface area contributed by atoms with Crippen molar-refractivity contribution in [3.8, 4) is 0 Å². The second-order valence-corrected chi connectivity index (χ2v) is 4.97. The third kappa shape index (κ3) is 2.37. The van der Waals surface area contributed by atoms with Gasteiger partial charge in [-0.3, -0.25) is 4.90 Å². The summed E-state index contributed by atoms with van der Waals surface area (Å²) in [5, 5.41) is 0. The molecule has 1 aliphatic heterocycles. The zero-order chi connectivity index (χ0) is 9.97. The lowest BCUT2D eigenvalue weighted by Gasteiger charge is -2.16. The Kier molecular flexibility index (Phi) is 3.24. The molecule has 0 saturated carbocycles.